The van der Waals surface area contributed by atoms with Crippen molar-refractivity contribution in [2.24, 2.45) is 0 Å². The molecule has 1 aliphatic heterocycles. The van der Waals surface area contributed by atoms with Gasteiger partial charge in [0, 0.05) is 18.6 Å². The van der Waals surface area contributed by atoms with Gasteiger partial charge < -0.3 is 15.1 Å². The van der Waals surface area contributed by atoms with Crippen molar-refractivity contribution in [2.75, 3.05) is 16.5 Å². The van der Waals surface area contributed by atoms with Crippen LogP contribution in [0.15, 0.2) is 72.7 Å². The summed E-state index contributed by atoms with van der Waals surface area (Å²) in [5, 5.41) is 5.31. The van der Waals surface area contributed by atoms with Gasteiger partial charge in [-0.3, -0.25) is 0 Å². The Kier molecular flexibility index (Phi) is 10.5. The topological polar surface area (TPSA) is 20.6 Å². The van der Waals surface area contributed by atoms with Crippen molar-refractivity contribution in [1.29, 1.82) is 0 Å². The zero-order valence-electron chi connectivity index (χ0n) is 27.7. The monoisotopic (exact) mass is 543 g/mol. The molecule has 0 bridgehead atoms. The standard InChI is InChI=1S/C37H50N3.Li/c1-24(2)30-14-12-15-31(25(3)4)35(30)39-22-34(38-29-20-18-28(19-21-29)37(9,10)11)40(23-39)36-32(26(5)6)16-13-17-33(36)27(7)8;/h12-22,24-27H,23H2,1-11H3;/q-1;+1. The number of nitrogens with zero attached hydrogens (tertiary/aromatic N) is 3. The summed E-state index contributed by atoms with van der Waals surface area (Å²) in [4.78, 5) is 4.91. The van der Waals surface area contributed by atoms with Crippen molar-refractivity contribution < 1.29 is 18.9 Å². The Morgan fingerprint density at radius 1 is 0.610 bits per heavy atom. The minimum Gasteiger partial charge on any atom is -0.435 e. The Morgan fingerprint density at radius 3 is 1.41 bits per heavy atom. The van der Waals surface area contributed by atoms with Crippen molar-refractivity contribution in [3.8, 4) is 0 Å². The van der Waals surface area contributed by atoms with Gasteiger partial charge in [-0.2, -0.15) is 0 Å². The largest absolute Gasteiger partial charge is 1.00 e. The Balaban J connectivity index is 0.00000462. The first-order chi connectivity index (χ1) is 18.8. The maximum Gasteiger partial charge on any atom is 1.00 e. The molecule has 0 saturated carbocycles. The molecule has 4 rings (SSSR count). The predicted octanol–water partition coefficient (Wildman–Crippen LogP) is 8.27. The molecule has 0 aliphatic carbocycles. The number of rotatable bonds is 8. The van der Waals surface area contributed by atoms with Crippen molar-refractivity contribution in [3.63, 3.8) is 0 Å². The van der Waals surface area contributed by atoms with Crippen LogP contribution in [0.1, 0.15) is 128 Å². The fourth-order valence-electron chi connectivity index (χ4n) is 5.72. The summed E-state index contributed by atoms with van der Waals surface area (Å²) in [6, 6.07) is 22.4. The molecule has 0 N–H and O–H groups in total. The second-order valence-electron chi connectivity index (χ2n) is 13.6. The summed E-state index contributed by atoms with van der Waals surface area (Å²) in [5.41, 5.74) is 10.6. The third-order valence-electron chi connectivity index (χ3n) is 8.06. The quantitative estimate of drug-likeness (QED) is 0.267. The predicted molar refractivity (Wildman–Crippen MR) is 175 cm³/mol. The number of para-hydroxylation sites is 2. The maximum atomic E-state index is 5.31. The van der Waals surface area contributed by atoms with Crippen LogP contribution in [0.25, 0.3) is 5.32 Å². The Labute approximate surface area is 262 Å². The van der Waals surface area contributed by atoms with Crippen molar-refractivity contribution in [3.05, 3.63) is 106 Å². The summed E-state index contributed by atoms with van der Waals surface area (Å²) in [6.07, 6.45) is 2.28. The first kappa shape index (κ1) is 32.9. The molecule has 0 spiro atoms. The molecule has 214 valence electrons. The van der Waals surface area contributed by atoms with E-state index in [2.05, 4.69) is 153 Å². The van der Waals surface area contributed by atoms with E-state index in [-0.39, 0.29) is 24.3 Å². The third-order valence-corrected chi connectivity index (χ3v) is 8.06. The van der Waals surface area contributed by atoms with Gasteiger partial charge in [0.2, 0.25) is 0 Å². The Bertz CT molecular complexity index is 1290. The smallest absolute Gasteiger partial charge is 0.435 e. The zero-order valence-corrected chi connectivity index (χ0v) is 27.7. The van der Waals surface area contributed by atoms with E-state index >= 15 is 0 Å². The molecule has 0 fully saturated rings. The fraction of sp³-hybridized carbons (Fsp3) is 0.459. The molecule has 0 amide bonds. The second-order valence-corrected chi connectivity index (χ2v) is 13.6. The molecule has 0 atom stereocenters. The molecule has 0 saturated heterocycles. The van der Waals surface area contributed by atoms with Gasteiger partial charge in [0.1, 0.15) is 0 Å². The average Bonchev–Trinajstić information content (AvgIpc) is 3.30. The van der Waals surface area contributed by atoms with Crippen LogP contribution in [-0.4, -0.2) is 6.67 Å². The van der Waals surface area contributed by atoms with Crippen LogP contribution in [0.3, 0.4) is 0 Å². The summed E-state index contributed by atoms with van der Waals surface area (Å²) in [5.74, 6) is 2.66. The molecular weight excluding hydrogens is 493 g/mol. The van der Waals surface area contributed by atoms with Crippen LogP contribution in [0.4, 0.5) is 17.1 Å². The van der Waals surface area contributed by atoms with Crippen LogP contribution in [0.5, 0.6) is 0 Å². The summed E-state index contributed by atoms with van der Waals surface area (Å²) in [6.45, 7) is 25.9. The first-order valence-electron chi connectivity index (χ1n) is 15.1. The molecular formula is C37H50LiN3. The van der Waals surface area contributed by atoms with Gasteiger partial charge in [0.05, 0.1) is 0 Å². The molecule has 1 aliphatic rings. The molecule has 3 aromatic carbocycles. The van der Waals surface area contributed by atoms with E-state index < -0.39 is 0 Å². The number of anilines is 2. The molecule has 0 aromatic heterocycles. The van der Waals surface area contributed by atoms with E-state index in [1.165, 1.54) is 39.2 Å². The van der Waals surface area contributed by atoms with Crippen molar-refractivity contribution in [2.45, 2.75) is 105 Å². The molecule has 0 unspecified atom stereocenters. The van der Waals surface area contributed by atoms with E-state index in [1.807, 2.05) is 0 Å². The van der Waals surface area contributed by atoms with Gasteiger partial charge in [-0.1, -0.05) is 137 Å². The molecule has 3 aromatic rings. The number of benzene rings is 3. The SMILES string of the molecule is CC(C)c1cccc(C(C)C)c1N1C=C([N-]c2ccc(C(C)(C)C)cc2)N(c2c(C(C)C)cccc2C(C)C)C1.[Li+]. The van der Waals surface area contributed by atoms with Crippen molar-refractivity contribution in [1.82, 2.24) is 0 Å². The first-order valence-corrected chi connectivity index (χ1v) is 15.1. The van der Waals surface area contributed by atoms with Gasteiger partial charge in [0.15, 0.2) is 0 Å². The summed E-state index contributed by atoms with van der Waals surface area (Å²) >= 11 is 0. The van der Waals surface area contributed by atoms with Gasteiger partial charge in [-0.15, -0.1) is 0 Å². The second kappa shape index (κ2) is 13.1. The number of hydrogen-bond donors (Lipinski definition) is 0. The normalized spacial score (nSPS) is 13.9. The average molecular weight is 544 g/mol. The van der Waals surface area contributed by atoms with Gasteiger partial charge in [-0.25, -0.2) is 0 Å². The zero-order chi connectivity index (χ0) is 29.4. The molecule has 41 heavy (non-hydrogen) atoms. The molecule has 0 radical (unpaired) electrons. The van der Waals surface area contributed by atoms with Crippen LogP contribution >= 0.6 is 0 Å². The van der Waals surface area contributed by atoms with Crippen LogP contribution < -0.4 is 28.7 Å². The minimum absolute atomic E-state index is 0. The molecule has 3 nitrogen and oxygen atoms in total. The van der Waals surface area contributed by atoms with E-state index in [0.29, 0.717) is 23.7 Å². The van der Waals surface area contributed by atoms with E-state index in [1.54, 1.807) is 0 Å². The summed E-state index contributed by atoms with van der Waals surface area (Å²) < 4.78 is 0. The Hall–Kier alpha value is -2.60. The van der Waals surface area contributed by atoms with Crippen molar-refractivity contribution >= 4 is 17.1 Å². The van der Waals surface area contributed by atoms with E-state index in [4.69, 9.17) is 5.32 Å². The number of hydrogen-bond acceptors (Lipinski definition) is 2. The van der Waals surface area contributed by atoms with Gasteiger partial charge in [-0.05, 0) is 74.1 Å². The van der Waals surface area contributed by atoms with Crippen LogP contribution in [0.2, 0.25) is 0 Å². The van der Waals surface area contributed by atoms with E-state index in [0.717, 1.165) is 18.2 Å². The Morgan fingerprint density at radius 2 is 1.02 bits per heavy atom. The van der Waals surface area contributed by atoms with Gasteiger partial charge >= 0.3 is 18.9 Å². The van der Waals surface area contributed by atoms with Crippen LogP contribution in [-0.2, 0) is 5.41 Å². The summed E-state index contributed by atoms with van der Waals surface area (Å²) in [7, 11) is 0. The third kappa shape index (κ3) is 7.07. The molecule has 1 heterocycles. The van der Waals surface area contributed by atoms with E-state index in [9.17, 15) is 0 Å². The van der Waals surface area contributed by atoms with Crippen LogP contribution in [0, 0.1) is 0 Å². The molecule has 4 heteroatoms. The van der Waals surface area contributed by atoms with Gasteiger partial charge in [0.25, 0.3) is 0 Å². The maximum absolute atomic E-state index is 5.31. The fourth-order valence-corrected chi connectivity index (χ4v) is 5.72. The minimum atomic E-state index is 0.